The molecular weight excluding hydrogens is 336 g/mol. The number of aliphatic carboxylic acids is 1. The maximum atomic E-state index is 10.3. The van der Waals surface area contributed by atoms with Gasteiger partial charge in [-0.15, -0.1) is 0 Å². The number of hydrogen-bond donors (Lipinski definition) is 1. The molecule has 0 aliphatic heterocycles. The number of allylic oxidation sites excluding steroid dienone is 8. The first-order valence-electron chi connectivity index (χ1n) is 8.59. The van der Waals surface area contributed by atoms with E-state index < -0.39 is 5.97 Å². The SMILES string of the molecule is CCCCC/C=C\C/C=C\C/C=C\C/C=C\CCCC(=O)O.[Cu]. The van der Waals surface area contributed by atoms with Gasteiger partial charge in [0.2, 0.25) is 0 Å². The zero-order valence-corrected chi connectivity index (χ0v) is 15.3. The predicted molar refractivity (Wildman–Crippen MR) is 96.0 cm³/mol. The quantitative estimate of drug-likeness (QED) is 0.225. The Bertz CT molecular complexity index is 368. The van der Waals surface area contributed by atoms with E-state index in [0.29, 0.717) is 0 Å². The van der Waals surface area contributed by atoms with E-state index in [4.69, 9.17) is 5.11 Å². The van der Waals surface area contributed by atoms with E-state index in [1.54, 1.807) is 0 Å². The summed E-state index contributed by atoms with van der Waals surface area (Å²) >= 11 is 0. The molecule has 0 heterocycles. The average molecular weight is 368 g/mol. The van der Waals surface area contributed by atoms with E-state index in [1.165, 1.54) is 25.7 Å². The zero-order valence-electron chi connectivity index (χ0n) is 14.3. The van der Waals surface area contributed by atoms with E-state index in [2.05, 4.69) is 55.5 Å². The van der Waals surface area contributed by atoms with E-state index in [0.717, 1.165) is 32.1 Å². The molecule has 1 N–H and O–H groups in total. The van der Waals surface area contributed by atoms with Crippen LogP contribution in [0.4, 0.5) is 0 Å². The van der Waals surface area contributed by atoms with Gasteiger partial charge in [0.1, 0.15) is 0 Å². The molecule has 0 spiro atoms. The van der Waals surface area contributed by atoms with Crippen molar-refractivity contribution in [2.45, 2.75) is 71.1 Å². The summed E-state index contributed by atoms with van der Waals surface area (Å²) < 4.78 is 0. The Labute approximate surface area is 152 Å². The summed E-state index contributed by atoms with van der Waals surface area (Å²) in [6.07, 6.45) is 27.3. The summed E-state index contributed by atoms with van der Waals surface area (Å²) in [4.78, 5) is 10.3. The Kier molecular flexibility index (Phi) is 22.0. The van der Waals surface area contributed by atoms with Crippen LogP contribution in [0.25, 0.3) is 0 Å². The molecule has 0 aliphatic carbocycles. The van der Waals surface area contributed by atoms with Crippen LogP contribution in [0.5, 0.6) is 0 Å². The van der Waals surface area contributed by atoms with Crippen LogP contribution in [0.2, 0.25) is 0 Å². The predicted octanol–water partition coefficient (Wildman–Crippen LogP) is 6.21. The van der Waals surface area contributed by atoms with Crippen LogP contribution < -0.4 is 0 Å². The van der Waals surface area contributed by atoms with Crippen LogP contribution in [0.3, 0.4) is 0 Å². The largest absolute Gasteiger partial charge is 0.481 e. The van der Waals surface area contributed by atoms with Crippen molar-refractivity contribution in [3.05, 3.63) is 48.6 Å². The number of unbranched alkanes of at least 4 members (excludes halogenated alkanes) is 4. The molecular formula is C20H32CuO2. The molecule has 0 aromatic rings. The van der Waals surface area contributed by atoms with Crippen molar-refractivity contribution in [3.63, 3.8) is 0 Å². The molecule has 0 aliphatic rings. The number of carboxylic acids is 1. The van der Waals surface area contributed by atoms with Crippen LogP contribution in [-0.2, 0) is 21.9 Å². The molecule has 0 atom stereocenters. The summed E-state index contributed by atoms with van der Waals surface area (Å²) in [6, 6.07) is 0. The van der Waals surface area contributed by atoms with Gasteiger partial charge in [0.05, 0.1) is 0 Å². The summed E-state index contributed by atoms with van der Waals surface area (Å²) in [6.45, 7) is 2.23. The monoisotopic (exact) mass is 367 g/mol. The second-order valence-electron chi connectivity index (χ2n) is 5.37. The van der Waals surface area contributed by atoms with E-state index in [1.807, 2.05) is 0 Å². The fourth-order valence-corrected chi connectivity index (χ4v) is 1.93. The topological polar surface area (TPSA) is 37.3 Å². The van der Waals surface area contributed by atoms with Gasteiger partial charge >= 0.3 is 5.97 Å². The van der Waals surface area contributed by atoms with Gasteiger partial charge in [-0.2, -0.15) is 0 Å². The maximum absolute atomic E-state index is 10.3. The average Bonchev–Trinajstić information content (AvgIpc) is 2.50. The number of carbonyl (C=O) groups is 1. The van der Waals surface area contributed by atoms with Gasteiger partial charge in [-0.3, -0.25) is 4.79 Å². The van der Waals surface area contributed by atoms with Crippen LogP contribution in [0.1, 0.15) is 71.1 Å². The molecule has 135 valence electrons. The van der Waals surface area contributed by atoms with Gasteiger partial charge < -0.3 is 5.11 Å². The van der Waals surface area contributed by atoms with Crippen molar-refractivity contribution in [1.82, 2.24) is 0 Å². The second kappa shape index (κ2) is 20.9. The Balaban J connectivity index is 0. The Hall–Kier alpha value is -1.05. The summed E-state index contributed by atoms with van der Waals surface area (Å²) in [5.74, 6) is -0.712. The number of rotatable bonds is 14. The molecule has 0 aromatic carbocycles. The second-order valence-corrected chi connectivity index (χ2v) is 5.37. The van der Waals surface area contributed by atoms with E-state index >= 15 is 0 Å². The van der Waals surface area contributed by atoms with Gasteiger partial charge in [0.15, 0.2) is 0 Å². The van der Waals surface area contributed by atoms with Gasteiger partial charge in [-0.05, 0) is 44.9 Å². The standard InChI is InChI=1S/C20H32O2.Cu/c1-2-3-4-5-6-7-8-9-10-11-12-13-14-15-16-17-18-19-20(21)22;/h6-7,9-10,12-13,15-16H,2-5,8,11,14,17-19H2,1H3,(H,21,22);/b7-6-,10-9-,13-12-,16-15-;. The van der Waals surface area contributed by atoms with Crippen molar-refractivity contribution in [2.24, 2.45) is 0 Å². The van der Waals surface area contributed by atoms with Gasteiger partial charge in [-0.25, -0.2) is 0 Å². The van der Waals surface area contributed by atoms with E-state index in [-0.39, 0.29) is 23.5 Å². The molecule has 0 rings (SSSR count). The molecule has 0 saturated carbocycles. The maximum Gasteiger partial charge on any atom is 0.303 e. The third kappa shape index (κ3) is 23.3. The minimum absolute atomic E-state index is 0. The van der Waals surface area contributed by atoms with Crippen molar-refractivity contribution in [2.75, 3.05) is 0 Å². The Morgan fingerprint density at radius 1 is 0.739 bits per heavy atom. The van der Waals surface area contributed by atoms with Crippen molar-refractivity contribution in [1.29, 1.82) is 0 Å². The van der Waals surface area contributed by atoms with Crippen LogP contribution in [-0.4, -0.2) is 11.1 Å². The summed E-state index contributed by atoms with van der Waals surface area (Å²) in [5.41, 5.74) is 0. The third-order valence-electron chi connectivity index (χ3n) is 3.22. The van der Waals surface area contributed by atoms with Crippen molar-refractivity contribution in [3.8, 4) is 0 Å². The molecule has 23 heavy (non-hydrogen) atoms. The first kappa shape index (κ1) is 24.2. The zero-order chi connectivity index (χ0) is 16.3. The third-order valence-corrected chi connectivity index (χ3v) is 3.22. The fraction of sp³-hybridized carbons (Fsp3) is 0.550. The molecule has 0 unspecified atom stereocenters. The molecule has 3 heteroatoms. The van der Waals surface area contributed by atoms with Crippen LogP contribution in [0.15, 0.2) is 48.6 Å². The molecule has 0 saturated heterocycles. The van der Waals surface area contributed by atoms with Crippen molar-refractivity contribution >= 4 is 5.97 Å². The summed E-state index contributed by atoms with van der Waals surface area (Å²) in [7, 11) is 0. The van der Waals surface area contributed by atoms with Crippen molar-refractivity contribution < 1.29 is 27.0 Å². The first-order valence-corrected chi connectivity index (χ1v) is 8.59. The van der Waals surface area contributed by atoms with Gasteiger partial charge in [0, 0.05) is 23.5 Å². The van der Waals surface area contributed by atoms with Gasteiger partial charge in [0.25, 0.3) is 0 Å². The van der Waals surface area contributed by atoms with Crippen LogP contribution in [0, 0.1) is 0 Å². The van der Waals surface area contributed by atoms with Crippen LogP contribution >= 0.6 is 0 Å². The summed E-state index contributed by atoms with van der Waals surface area (Å²) in [5, 5.41) is 8.49. The van der Waals surface area contributed by atoms with Gasteiger partial charge in [-0.1, -0.05) is 68.4 Å². The molecule has 0 bridgehead atoms. The Morgan fingerprint density at radius 3 is 1.61 bits per heavy atom. The molecule has 0 amide bonds. The smallest absolute Gasteiger partial charge is 0.303 e. The van der Waals surface area contributed by atoms with E-state index in [9.17, 15) is 4.79 Å². The minimum atomic E-state index is -0.712. The molecule has 1 radical (unpaired) electrons. The number of hydrogen-bond acceptors (Lipinski definition) is 1. The number of carboxylic acid groups (broad SMARTS) is 1. The molecule has 0 fully saturated rings. The molecule has 2 nitrogen and oxygen atoms in total. The first-order chi connectivity index (χ1) is 10.8. The molecule has 0 aromatic heterocycles. The minimum Gasteiger partial charge on any atom is -0.481 e. The normalized spacial score (nSPS) is 11.9. The fourth-order valence-electron chi connectivity index (χ4n) is 1.93. The Morgan fingerprint density at radius 2 is 1.17 bits per heavy atom.